The molecule has 1 amide bonds. The van der Waals surface area contributed by atoms with E-state index in [0.29, 0.717) is 6.54 Å². The summed E-state index contributed by atoms with van der Waals surface area (Å²) in [7, 11) is 0. The molecule has 0 N–H and O–H groups in total. The second-order valence-electron chi connectivity index (χ2n) is 5.53. The highest BCUT2D eigenvalue weighted by Gasteiger charge is 2.32. The summed E-state index contributed by atoms with van der Waals surface area (Å²) in [6.45, 7) is 5.40. The van der Waals surface area contributed by atoms with Crippen LogP contribution in [0.3, 0.4) is 0 Å². The Kier molecular flexibility index (Phi) is 4.31. The van der Waals surface area contributed by atoms with Crippen molar-refractivity contribution in [2.75, 3.05) is 18.0 Å². The van der Waals surface area contributed by atoms with Crippen molar-refractivity contribution in [1.82, 2.24) is 4.90 Å². The summed E-state index contributed by atoms with van der Waals surface area (Å²) in [5, 5.41) is 3.88. The molecule has 128 valence electrons. The van der Waals surface area contributed by atoms with Gasteiger partial charge in [-0.15, -0.1) is 11.3 Å². The predicted octanol–water partition coefficient (Wildman–Crippen LogP) is 4.72. The van der Waals surface area contributed by atoms with E-state index < -0.39 is 0 Å². The molecular weight excluding hydrogens is 372 g/mol. The number of allylic oxidation sites excluding steroid dienone is 2. The normalized spacial score (nSPS) is 20.2. The number of ether oxygens (including phenoxy) is 1. The second kappa shape index (κ2) is 6.48. The van der Waals surface area contributed by atoms with Gasteiger partial charge in [0, 0.05) is 23.2 Å². The van der Waals surface area contributed by atoms with Gasteiger partial charge in [0.1, 0.15) is 5.00 Å². The molecule has 1 aromatic carbocycles. The molecule has 0 aliphatic carbocycles. The molecular formula is C18H16N2O2S3. The predicted molar refractivity (Wildman–Crippen MR) is 108 cm³/mol. The van der Waals surface area contributed by atoms with Crippen LogP contribution >= 0.6 is 35.3 Å². The highest BCUT2D eigenvalue weighted by Crippen LogP contribution is 2.54. The van der Waals surface area contributed by atoms with Crippen molar-refractivity contribution in [3.05, 3.63) is 47.2 Å². The number of anilines is 1. The molecule has 0 radical (unpaired) electrons. The molecule has 4 rings (SSSR count). The van der Waals surface area contributed by atoms with E-state index in [1.54, 1.807) is 29.2 Å². The van der Waals surface area contributed by atoms with Gasteiger partial charge in [-0.05, 0) is 44.3 Å². The van der Waals surface area contributed by atoms with Gasteiger partial charge in [0.25, 0.3) is 11.1 Å². The third-order valence-corrected chi connectivity index (χ3v) is 6.94. The van der Waals surface area contributed by atoms with Crippen LogP contribution in [0.25, 0.3) is 10.1 Å². The summed E-state index contributed by atoms with van der Waals surface area (Å²) in [5.74, 6) is 0.117. The number of benzene rings is 1. The Balaban J connectivity index is 1.67. The van der Waals surface area contributed by atoms with Gasteiger partial charge < -0.3 is 9.64 Å². The van der Waals surface area contributed by atoms with Crippen molar-refractivity contribution in [3.8, 4) is 0 Å². The van der Waals surface area contributed by atoms with Gasteiger partial charge in [0.2, 0.25) is 0 Å². The first-order valence-corrected chi connectivity index (χ1v) is 10.1. The smallest absolute Gasteiger partial charge is 0.297 e. The van der Waals surface area contributed by atoms with Crippen molar-refractivity contribution in [2.45, 2.75) is 18.7 Å². The fourth-order valence-electron chi connectivity index (χ4n) is 2.90. The SMILES string of the molecule is CCN1C(=O)/C(=C\C=C2/Sc3c(sc4ccccc34)N2CC)OC1=S. The number of thiocarbonyl (C=S) groups is 1. The fourth-order valence-corrected chi connectivity index (χ4v) is 5.91. The van der Waals surface area contributed by atoms with Crippen LogP contribution < -0.4 is 4.90 Å². The van der Waals surface area contributed by atoms with E-state index in [0.717, 1.165) is 11.6 Å². The van der Waals surface area contributed by atoms with Crippen LogP contribution in [0.2, 0.25) is 0 Å². The van der Waals surface area contributed by atoms with Gasteiger partial charge in [-0.25, -0.2) is 0 Å². The number of carbonyl (C=O) groups excluding carboxylic acids is 1. The molecule has 1 aromatic heterocycles. The van der Waals surface area contributed by atoms with Crippen LogP contribution in [0.4, 0.5) is 5.00 Å². The first kappa shape index (κ1) is 16.6. The maximum absolute atomic E-state index is 12.2. The van der Waals surface area contributed by atoms with Gasteiger partial charge >= 0.3 is 0 Å². The molecule has 4 nitrogen and oxygen atoms in total. The standard InChI is InChI=1S/C18H16N2O2S3/c1-3-19-14(10-9-12-16(21)20(4-2)18(23)22-12)25-15-11-7-5-6-8-13(11)24-17(15)19/h5-10H,3-4H2,1-2H3/b12-9+,14-10-. The number of thiophene rings is 1. The van der Waals surface area contributed by atoms with Crippen LogP contribution in [0.1, 0.15) is 13.8 Å². The van der Waals surface area contributed by atoms with Gasteiger partial charge in [-0.1, -0.05) is 30.0 Å². The van der Waals surface area contributed by atoms with Crippen molar-refractivity contribution < 1.29 is 9.53 Å². The zero-order valence-electron chi connectivity index (χ0n) is 13.8. The minimum absolute atomic E-state index is 0.171. The molecule has 3 heterocycles. The molecule has 0 unspecified atom stereocenters. The van der Waals surface area contributed by atoms with Gasteiger partial charge in [0.15, 0.2) is 5.76 Å². The monoisotopic (exact) mass is 388 g/mol. The maximum Gasteiger partial charge on any atom is 0.297 e. The molecule has 2 aromatic rings. The number of nitrogens with zero attached hydrogens (tertiary/aromatic N) is 2. The van der Waals surface area contributed by atoms with E-state index in [1.807, 2.05) is 13.0 Å². The van der Waals surface area contributed by atoms with E-state index >= 15 is 0 Å². The van der Waals surface area contributed by atoms with Crippen molar-refractivity contribution in [3.63, 3.8) is 0 Å². The second-order valence-corrected chi connectivity index (χ2v) is 7.94. The number of rotatable bonds is 3. The van der Waals surface area contributed by atoms with Crippen LogP contribution in [-0.4, -0.2) is 29.1 Å². The summed E-state index contributed by atoms with van der Waals surface area (Å²) >= 11 is 8.63. The Morgan fingerprint density at radius 3 is 2.64 bits per heavy atom. The van der Waals surface area contributed by atoms with Crippen LogP contribution in [0, 0.1) is 0 Å². The Hall–Kier alpha value is -1.83. The molecule has 2 aliphatic heterocycles. The largest absolute Gasteiger partial charge is 0.426 e. The highest BCUT2D eigenvalue weighted by molar-refractivity contribution is 8.04. The average molecular weight is 389 g/mol. The van der Waals surface area contributed by atoms with Crippen LogP contribution in [0.5, 0.6) is 0 Å². The lowest BCUT2D eigenvalue weighted by Gasteiger charge is -2.16. The lowest BCUT2D eigenvalue weighted by atomic mass is 10.2. The third-order valence-electron chi connectivity index (χ3n) is 4.13. The number of hydrogen-bond donors (Lipinski definition) is 0. The lowest BCUT2D eigenvalue weighted by Crippen LogP contribution is -2.27. The molecule has 0 spiro atoms. The highest BCUT2D eigenvalue weighted by atomic mass is 32.2. The number of carbonyl (C=O) groups is 1. The molecule has 1 fully saturated rings. The fraction of sp³-hybridized carbons (Fsp3) is 0.222. The van der Waals surface area contributed by atoms with Crippen molar-refractivity contribution >= 4 is 61.5 Å². The molecule has 7 heteroatoms. The van der Waals surface area contributed by atoms with Crippen molar-refractivity contribution in [2.24, 2.45) is 0 Å². The Bertz CT molecular complexity index is 945. The summed E-state index contributed by atoms with van der Waals surface area (Å²) in [6.07, 6.45) is 3.68. The molecule has 0 bridgehead atoms. The Morgan fingerprint density at radius 1 is 1.16 bits per heavy atom. The summed E-state index contributed by atoms with van der Waals surface area (Å²) < 4.78 is 6.73. The van der Waals surface area contributed by atoms with E-state index in [1.165, 1.54) is 24.9 Å². The Labute approximate surface area is 159 Å². The number of thioether (sulfide) groups is 1. The third kappa shape index (κ3) is 2.67. The molecule has 0 saturated carbocycles. The topological polar surface area (TPSA) is 32.8 Å². The summed E-state index contributed by atoms with van der Waals surface area (Å²) in [6, 6.07) is 8.46. The lowest BCUT2D eigenvalue weighted by molar-refractivity contribution is -0.122. The quantitative estimate of drug-likeness (QED) is 0.561. The number of fused-ring (bicyclic) bond motifs is 3. The van der Waals surface area contributed by atoms with Crippen LogP contribution in [-0.2, 0) is 9.53 Å². The molecule has 2 aliphatic rings. The number of hydrogen-bond acceptors (Lipinski definition) is 6. The van der Waals surface area contributed by atoms with E-state index in [9.17, 15) is 4.79 Å². The van der Waals surface area contributed by atoms with Crippen molar-refractivity contribution in [1.29, 1.82) is 0 Å². The van der Waals surface area contributed by atoms with Gasteiger partial charge in [-0.3, -0.25) is 9.69 Å². The number of amides is 1. The maximum atomic E-state index is 12.2. The first-order chi connectivity index (χ1) is 12.1. The molecule has 25 heavy (non-hydrogen) atoms. The average Bonchev–Trinajstić information content (AvgIpc) is 3.22. The molecule has 1 saturated heterocycles. The summed E-state index contributed by atoms with van der Waals surface area (Å²) in [4.78, 5) is 17.3. The minimum Gasteiger partial charge on any atom is -0.426 e. The van der Waals surface area contributed by atoms with E-state index in [2.05, 4.69) is 36.1 Å². The molecule has 0 atom stereocenters. The number of likely N-dealkylation sites (N-methyl/N-ethyl adjacent to an activating group) is 1. The minimum atomic E-state index is -0.171. The van der Waals surface area contributed by atoms with Gasteiger partial charge in [0.05, 0.1) is 9.92 Å². The van der Waals surface area contributed by atoms with Gasteiger partial charge in [-0.2, -0.15) is 0 Å². The summed E-state index contributed by atoms with van der Waals surface area (Å²) in [5.41, 5.74) is 0. The van der Waals surface area contributed by atoms with Crippen LogP contribution in [0.15, 0.2) is 52.1 Å². The van der Waals surface area contributed by atoms with E-state index in [4.69, 9.17) is 17.0 Å². The first-order valence-electron chi connectivity index (χ1n) is 8.06. The zero-order valence-corrected chi connectivity index (χ0v) is 16.3. The zero-order chi connectivity index (χ0) is 17.6. The van der Waals surface area contributed by atoms with E-state index in [-0.39, 0.29) is 16.8 Å². The Morgan fingerprint density at radius 2 is 1.92 bits per heavy atom.